The van der Waals surface area contributed by atoms with Crippen molar-refractivity contribution in [2.45, 2.75) is 38.8 Å². The summed E-state index contributed by atoms with van der Waals surface area (Å²) in [4.78, 5) is 33.5. The minimum atomic E-state index is -0.924. The largest absolute Gasteiger partial charge is 0.444 e. The second-order valence-electron chi connectivity index (χ2n) is 7.78. The summed E-state index contributed by atoms with van der Waals surface area (Å²) < 4.78 is 18.5. The summed E-state index contributed by atoms with van der Waals surface area (Å²) in [5.41, 5.74) is 0.868. The van der Waals surface area contributed by atoms with Gasteiger partial charge in [-0.25, -0.2) is 14.2 Å². The lowest BCUT2D eigenvalue weighted by Crippen LogP contribution is -2.47. The molecule has 1 aromatic carbocycles. The minimum Gasteiger partial charge on any atom is -0.444 e. The van der Waals surface area contributed by atoms with Crippen molar-refractivity contribution in [1.82, 2.24) is 15.3 Å². The Morgan fingerprint density at radius 3 is 2.45 bits per heavy atom. The number of thiazole rings is 1. The molecule has 1 atom stereocenters. The lowest BCUT2D eigenvalue weighted by Gasteiger charge is -2.23. The van der Waals surface area contributed by atoms with Crippen LogP contribution in [-0.4, -0.2) is 33.6 Å². The second kappa shape index (κ2) is 9.65. The van der Waals surface area contributed by atoms with E-state index in [1.807, 2.05) is 12.1 Å². The average molecular weight is 443 g/mol. The van der Waals surface area contributed by atoms with Crippen molar-refractivity contribution in [1.29, 1.82) is 0 Å². The highest BCUT2D eigenvalue weighted by atomic mass is 32.1. The Morgan fingerprint density at radius 1 is 1.13 bits per heavy atom. The summed E-state index contributed by atoms with van der Waals surface area (Å²) in [6.45, 7) is 5.21. The number of carbonyl (C=O) groups excluding carboxylic acids is 2. The molecule has 0 saturated heterocycles. The first kappa shape index (κ1) is 22.4. The summed E-state index contributed by atoms with van der Waals surface area (Å²) in [5.74, 6) is -0.807. The van der Waals surface area contributed by atoms with Crippen molar-refractivity contribution in [2.24, 2.45) is 0 Å². The van der Waals surface area contributed by atoms with Crippen LogP contribution in [0.3, 0.4) is 0 Å². The monoisotopic (exact) mass is 442 g/mol. The number of carbonyl (C=O) groups is 2. The Bertz CT molecular complexity index is 1030. The number of pyridine rings is 1. The third-order valence-electron chi connectivity index (χ3n) is 4.04. The number of rotatable bonds is 6. The first-order valence-corrected chi connectivity index (χ1v) is 10.4. The van der Waals surface area contributed by atoms with E-state index < -0.39 is 23.6 Å². The van der Waals surface area contributed by atoms with Crippen LogP contribution in [0.15, 0.2) is 55.0 Å². The fourth-order valence-corrected chi connectivity index (χ4v) is 3.51. The number of nitrogens with zero attached hydrogens (tertiary/aromatic N) is 2. The highest BCUT2D eigenvalue weighted by Gasteiger charge is 2.25. The van der Waals surface area contributed by atoms with Crippen molar-refractivity contribution >= 4 is 28.3 Å². The number of aromatic nitrogens is 2. The Balaban J connectivity index is 1.74. The number of halogens is 1. The molecule has 0 aliphatic rings. The van der Waals surface area contributed by atoms with Crippen LogP contribution < -0.4 is 10.6 Å². The van der Waals surface area contributed by atoms with Gasteiger partial charge in [0, 0.05) is 24.4 Å². The van der Waals surface area contributed by atoms with Crippen molar-refractivity contribution in [3.8, 4) is 10.6 Å². The van der Waals surface area contributed by atoms with Gasteiger partial charge in [-0.1, -0.05) is 23.5 Å². The molecule has 0 aliphatic carbocycles. The molecule has 2 amide bonds. The normalized spacial score (nSPS) is 12.1. The van der Waals surface area contributed by atoms with Gasteiger partial charge in [0.05, 0.1) is 6.20 Å². The molecule has 9 heteroatoms. The third kappa shape index (κ3) is 6.85. The zero-order valence-electron chi connectivity index (χ0n) is 17.4. The fourth-order valence-electron chi connectivity index (χ4n) is 2.68. The van der Waals surface area contributed by atoms with Gasteiger partial charge in [-0.15, -0.1) is 0 Å². The molecule has 0 aliphatic heterocycles. The van der Waals surface area contributed by atoms with E-state index in [9.17, 15) is 14.0 Å². The number of ether oxygens (including phenoxy) is 1. The maximum atomic E-state index is 13.2. The van der Waals surface area contributed by atoms with E-state index in [0.717, 1.165) is 10.6 Å². The van der Waals surface area contributed by atoms with E-state index in [2.05, 4.69) is 20.6 Å². The van der Waals surface area contributed by atoms with Crippen LogP contribution in [0, 0.1) is 5.82 Å². The molecule has 7 nitrogen and oxygen atoms in total. The standard InChI is InChI=1S/C22H23FN4O3S/c1-22(2,3)30-21(29)26-17(12-14-4-6-16(23)7-5-14)19(28)27-18-13-25-20(31-18)15-8-10-24-11-9-15/h4-11,13,17H,12H2,1-3H3,(H,26,29)(H,27,28)/t17-/m0/s1. The van der Waals surface area contributed by atoms with Gasteiger partial charge in [-0.2, -0.15) is 0 Å². The molecule has 0 bridgehead atoms. The first-order valence-electron chi connectivity index (χ1n) is 9.61. The molecule has 2 N–H and O–H groups in total. The maximum Gasteiger partial charge on any atom is 0.408 e. The lowest BCUT2D eigenvalue weighted by molar-refractivity contribution is -0.118. The van der Waals surface area contributed by atoms with Crippen LogP contribution in [0.5, 0.6) is 0 Å². The van der Waals surface area contributed by atoms with Crippen molar-refractivity contribution in [3.63, 3.8) is 0 Å². The molecule has 162 valence electrons. The van der Waals surface area contributed by atoms with E-state index in [0.29, 0.717) is 10.6 Å². The van der Waals surface area contributed by atoms with Gasteiger partial charge in [0.1, 0.15) is 27.5 Å². The molecular formula is C22H23FN4O3S. The molecule has 3 rings (SSSR count). The zero-order valence-corrected chi connectivity index (χ0v) is 18.2. The molecule has 0 fully saturated rings. The number of anilines is 1. The van der Waals surface area contributed by atoms with Gasteiger partial charge >= 0.3 is 6.09 Å². The van der Waals surface area contributed by atoms with Crippen LogP contribution >= 0.6 is 11.3 Å². The van der Waals surface area contributed by atoms with Crippen LogP contribution in [0.4, 0.5) is 14.2 Å². The summed E-state index contributed by atoms with van der Waals surface area (Å²) >= 11 is 1.30. The minimum absolute atomic E-state index is 0.168. The Hall–Kier alpha value is -3.33. The Labute approximate surface area is 183 Å². The smallest absolute Gasteiger partial charge is 0.408 e. The molecule has 31 heavy (non-hydrogen) atoms. The molecule has 0 saturated carbocycles. The SMILES string of the molecule is CC(C)(C)OC(=O)N[C@@H](Cc1ccc(F)cc1)C(=O)Nc1cnc(-c2ccncc2)s1. The highest BCUT2D eigenvalue weighted by Crippen LogP contribution is 2.28. The van der Waals surface area contributed by atoms with Crippen molar-refractivity contribution < 1.29 is 18.7 Å². The Kier molecular flexibility index (Phi) is 6.96. The van der Waals surface area contributed by atoms with Gasteiger partial charge in [0.25, 0.3) is 0 Å². The predicted octanol–water partition coefficient (Wildman–Crippen LogP) is 4.42. The van der Waals surface area contributed by atoms with E-state index in [4.69, 9.17) is 4.74 Å². The number of nitrogens with one attached hydrogen (secondary N) is 2. The van der Waals surface area contributed by atoms with E-state index >= 15 is 0 Å². The first-order chi connectivity index (χ1) is 14.7. The number of hydrogen-bond acceptors (Lipinski definition) is 6. The lowest BCUT2D eigenvalue weighted by atomic mass is 10.1. The summed E-state index contributed by atoms with van der Waals surface area (Å²) in [5, 5.41) is 6.66. The van der Waals surface area contributed by atoms with Gasteiger partial charge < -0.3 is 15.4 Å². The maximum absolute atomic E-state index is 13.2. The van der Waals surface area contributed by atoms with E-state index in [1.165, 1.54) is 23.5 Å². The average Bonchev–Trinajstić information content (AvgIpc) is 3.17. The summed E-state index contributed by atoms with van der Waals surface area (Å²) in [6, 6.07) is 8.48. The van der Waals surface area contributed by atoms with Crippen LogP contribution in [0.1, 0.15) is 26.3 Å². The topological polar surface area (TPSA) is 93.2 Å². The van der Waals surface area contributed by atoms with Gasteiger partial charge in [0.2, 0.25) is 5.91 Å². The zero-order chi connectivity index (χ0) is 22.4. The second-order valence-corrected chi connectivity index (χ2v) is 8.81. The quantitative estimate of drug-likeness (QED) is 0.590. The van der Waals surface area contributed by atoms with Crippen LogP contribution in [0.2, 0.25) is 0 Å². The van der Waals surface area contributed by atoms with E-state index in [1.54, 1.807) is 51.5 Å². The molecular weight excluding hydrogens is 419 g/mol. The third-order valence-corrected chi connectivity index (χ3v) is 5.00. The molecule has 0 radical (unpaired) electrons. The van der Waals surface area contributed by atoms with E-state index in [-0.39, 0.29) is 12.2 Å². The predicted molar refractivity (Wildman–Crippen MR) is 117 cm³/mol. The number of benzene rings is 1. The van der Waals surface area contributed by atoms with Crippen molar-refractivity contribution in [3.05, 3.63) is 66.4 Å². The van der Waals surface area contributed by atoms with Crippen LogP contribution in [-0.2, 0) is 16.0 Å². The summed E-state index contributed by atoms with van der Waals surface area (Å²) in [7, 11) is 0. The molecule has 3 aromatic rings. The van der Waals surface area contributed by atoms with Gasteiger partial charge in [-0.3, -0.25) is 9.78 Å². The van der Waals surface area contributed by atoms with Gasteiger partial charge in [0.15, 0.2) is 0 Å². The molecule has 0 spiro atoms. The van der Waals surface area contributed by atoms with Crippen molar-refractivity contribution in [2.75, 3.05) is 5.32 Å². The number of amides is 2. The van der Waals surface area contributed by atoms with Gasteiger partial charge in [-0.05, 0) is 50.6 Å². The number of hydrogen-bond donors (Lipinski definition) is 2. The fraction of sp³-hybridized carbons (Fsp3) is 0.273. The highest BCUT2D eigenvalue weighted by molar-refractivity contribution is 7.19. The number of alkyl carbamates (subject to hydrolysis) is 1. The Morgan fingerprint density at radius 2 is 1.81 bits per heavy atom. The molecule has 2 aromatic heterocycles. The molecule has 2 heterocycles. The van der Waals surface area contributed by atoms with Crippen LogP contribution in [0.25, 0.3) is 10.6 Å². The summed E-state index contributed by atoms with van der Waals surface area (Å²) in [6.07, 6.45) is 4.34. The molecule has 0 unspecified atom stereocenters.